The van der Waals surface area contributed by atoms with Crippen LogP contribution >= 0.6 is 0 Å². The third-order valence-electron chi connectivity index (χ3n) is 9.17. The van der Waals surface area contributed by atoms with Crippen LogP contribution in [0.1, 0.15) is 67.2 Å². The summed E-state index contributed by atoms with van der Waals surface area (Å²) < 4.78 is 0. The van der Waals surface area contributed by atoms with Crippen molar-refractivity contribution in [1.29, 1.82) is 0 Å². The molecule has 0 atom stereocenters. The minimum absolute atomic E-state index is 0. The molecule has 0 aliphatic rings. The number of carbonyl (C=O) groups excluding carboxylic acids is 1. The molecular weight excluding hydrogens is 695 g/mol. The molecule has 1 aromatic heterocycles. The van der Waals surface area contributed by atoms with Crippen LogP contribution in [0.5, 0.6) is 0 Å². The zero-order valence-corrected chi connectivity index (χ0v) is 28.0. The molecule has 0 aliphatic heterocycles. The maximum Gasteiger partial charge on any atom is 0.164 e. The minimum atomic E-state index is -0.337. The Morgan fingerprint density at radius 2 is 1.33 bits per heavy atom. The number of aliphatic hydroxyl groups excluding tert-OH is 1. The van der Waals surface area contributed by atoms with Gasteiger partial charge in [0.2, 0.25) is 0 Å². The van der Waals surface area contributed by atoms with Crippen molar-refractivity contribution < 1.29 is 30.0 Å². The summed E-state index contributed by atoms with van der Waals surface area (Å²) >= 11 is 0. The number of benzene rings is 4. The number of nitrogens with zero attached hydrogens (tertiary/aromatic N) is 1. The number of aromatic nitrogens is 1. The second-order valence-corrected chi connectivity index (χ2v) is 11.4. The van der Waals surface area contributed by atoms with E-state index in [1.54, 1.807) is 0 Å². The Morgan fingerprint density at radius 3 is 2.00 bits per heavy atom. The fourth-order valence-electron chi connectivity index (χ4n) is 5.09. The van der Waals surface area contributed by atoms with E-state index in [1.165, 1.54) is 33.0 Å². The average molecular weight is 737 g/mol. The molecule has 0 saturated carbocycles. The van der Waals surface area contributed by atoms with Gasteiger partial charge in [0.25, 0.3) is 0 Å². The molecule has 0 fully saturated rings. The summed E-state index contributed by atoms with van der Waals surface area (Å²) in [5, 5.41) is 17.3. The molecule has 3 nitrogen and oxygen atoms in total. The number of rotatable bonds is 8. The van der Waals surface area contributed by atoms with Gasteiger partial charge in [-0.3, -0.25) is 9.78 Å². The first-order chi connectivity index (χ1) is 19.7. The van der Waals surface area contributed by atoms with Gasteiger partial charge in [-0.2, -0.15) is 0 Å². The van der Waals surface area contributed by atoms with E-state index < -0.39 is 0 Å². The van der Waals surface area contributed by atoms with Crippen molar-refractivity contribution in [1.82, 2.24) is 4.98 Å². The number of hydrogen-bond acceptors (Lipinski definition) is 3. The smallest absolute Gasteiger partial charge is 0.164 e. The quantitative estimate of drug-likeness (QED) is 0.0747. The Bertz CT molecular complexity index is 1700. The van der Waals surface area contributed by atoms with Crippen LogP contribution in [-0.4, -0.2) is 15.9 Å². The summed E-state index contributed by atoms with van der Waals surface area (Å²) in [7, 11) is 0. The van der Waals surface area contributed by atoms with Crippen LogP contribution in [0.3, 0.4) is 0 Å². The van der Waals surface area contributed by atoms with Crippen molar-refractivity contribution in [3.63, 3.8) is 0 Å². The maximum absolute atomic E-state index is 12.2. The number of pyridine rings is 1. The van der Waals surface area contributed by atoms with Gasteiger partial charge < -0.3 is 5.11 Å². The van der Waals surface area contributed by atoms with Crippen molar-refractivity contribution in [3.05, 3.63) is 103 Å². The molecule has 0 unspecified atom stereocenters. The van der Waals surface area contributed by atoms with Gasteiger partial charge in [0, 0.05) is 48.9 Å². The minimum Gasteiger partial charge on any atom is -0.512 e. The summed E-state index contributed by atoms with van der Waals surface area (Å²) in [5.74, 6) is 0.286. The molecule has 5 aromatic rings. The van der Waals surface area contributed by atoms with Crippen LogP contribution in [-0.2, 0) is 24.9 Å². The molecule has 4 aromatic carbocycles. The van der Waals surface area contributed by atoms with E-state index in [1.807, 2.05) is 47.7 Å². The Morgan fingerprint density at radius 1 is 0.762 bits per heavy atom. The third-order valence-corrected chi connectivity index (χ3v) is 9.17. The first-order valence-corrected chi connectivity index (χ1v) is 14.8. The van der Waals surface area contributed by atoms with Crippen LogP contribution in [0, 0.1) is 16.9 Å². The third kappa shape index (κ3) is 6.83. The van der Waals surface area contributed by atoms with Gasteiger partial charge in [-0.25, -0.2) is 0 Å². The molecular formula is C38H42IrNO2-. The molecule has 5 rings (SSSR count). The van der Waals surface area contributed by atoms with E-state index in [2.05, 4.69) is 84.9 Å². The number of allylic oxidation sites excluding steroid dienone is 2. The first-order valence-electron chi connectivity index (χ1n) is 14.8. The predicted molar refractivity (Wildman–Crippen MR) is 174 cm³/mol. The maximum atomic E-state index is 12.2. The van der Waals surface area contributed by atoms with Crippen LogP contribution < -0.4 is 0 Å². The Labute approximate surface area is 264 Å². The Kier molecular flexibility index (Phi) is 11.2. The fourth-order valence-corrected chi connectivity index (χ4v) is 5.09. The zero-order chi connectivity index (χ0) is 29.6. The Hall–Kier alpha value is -3.33. The molecule has 0 saturated heterocycles. The van der Waals surface area contributed by atoms with Crippen molar-refractivity contribution in [2.75, 3.05) is 0 Å². The normalized spacial score (nSPS) is 12.1. The van der Waals surface area contributed by atoms with E-state index >= 15 is 0 Å². The van der Waals surface area contributed by atoms with E-state index in [-0.39, 0.29) is 42.5 Å². The zero-order valence-electron chi connectivity index (χ0n) is 25.6. The van der Waals surface area contributed by atoms with Crippen molar-refractivity contribution in [2.24, 2.45) is 10.8 Å². The molecule has 0 spiro atoms. The van der Waals surface area contributed by atoms with Crippen LogP contribution in [0.15, 0.2) is 96.9 Å². The second kappa shape index (κ2) is 14.2. The van der Waals surface area contributed by atoms with E-state index in [0.29, 0.717) is 0 Å². The number of carbonyl (C=O) groups is 1. The number of fused-ring (bicyclic) bond motifs is 4. The standard InChI is InChI=1S/C23H14N.C15H28O2.Ir/c1-2-7-19-15-20(12-9-16(19)5-1)23-22-18(13-14-24-23)11-10-17-6-3-4-8-21(17)22;1-7-14(5,8-2)12(16)11-13(17)15(6,9-3)10-4;/h1-14H;11,16H,7-10H2,1-6H3;/q-1;;/b;12-11-;. The monoisotopic (exact) mass is 737 g/mol. The molecule has 0 aliphatic carbocycles. The number of hydrogen-bond donors (Lipinski definition) is 1. The van der Waals surface area contributed by atoms with Crippen molar-refractivity contribution in [3.8, 4) is 11.3 Å². The second-order valence-electron chi connectivity index (χ2n) is 11.4. The first kappa shape index (κ1) is 33.2. The van der Waals surface area contributed by atoms with Crippen LogP contribution in [0.4, 0.5) is 0 Å². The molecule has 1 heterocycles. The summed E-state index contributed by atoms with van der Waals surface area (Å²) in [5.41, 5.74) is 1.43. The largest absolute Gasteiger partial charge is 0.512 e. The van der Waals surface area contributed by atoms with Gasteiger partial charge >= 0.3 is 0 Å². The summed E-state index contributed by atoms with van der Waals surface area (Å²) in [6.45, 7) is 12.1. The van der Waals surface area contributed by atoms with Gasteiger partial charge in [-0.05, 0) is 53.3 Å². The van der Waals surface area contributed by atoms with E-state index in [4.69, 9.17) is 4.98 Å². The van der Waals surface area contributed by atoms with E-state index in [9.17, 15) is 9.90 Å². The molecule has 42 heavy (non-hydrogen) atoms. The van der Waals surface area contributed by atoms with Gasteiger partial charge in [0.15, 0.2) is 5.78 Å². The number of ketones is 1. The van der Waals surface area contributed by atoms with Crippen LogP contribution in [0.25, 0.3) is 43.6 Å². The molecule has 4 heteroatoms. The summed E-state index contributed by atoms with van der Waals surface area (Å²) in [6, 6.07) is 31.0. The van der Waals surface area contributed by atoms with E-state index in [0.717, 1.165) is 42.3 Å². The molecule has 1 radical (unpaired) electrons. The van der Waals surface area contributed by atoms with Crippen molar-refractivity contribution >= 4 is 38.1 Å². The Balaban J connectivity index is 0.000000242. The SMILES string of the molecule is CCC(C)(CC)C(=O)/C=C(\O)C(C)(CC)CC.[Ir].[c-]1c(-c2nccc3ccc4ccccc4c23)ccc2ccccc12. The number of aliphatic hydroxyl groups is 1. The van der Waals surface area contributed by atoms with Gasteiger partial charge in [0.05, 0.1) is 0 Å². The van der Waals surface area contributed by atoms with Crippen LogP contribution in [0.2, 0.25) is 0 Å². The molecule has 0 bridgehead atoms. The van der Waals surface area contributed by atoms with Crippen molar-refractivity contribution in [2.45, 2.75) is 67.2 Å². The molecule has 221 valence electrons. The van der Waals surface area contributed by atoms with Gasteiger partial charge in [-0.15, -0.1) is 29.7 Å². The molecule has 1 N–H and O–H groups in total. The molecule has 0 amide bonds. The summed E-state index contributed by atoms with van der Waals surface area (Å²) in [6.07, 6.45) is 6.64. The van der Waals surface area contributed by atoms with Gasteiger partial charge in [0.1, 0.15) is 5.76 Å². The average Bonchev–Trinajstić information content (AvgIpc) is 3.03. The van der Waals surface area contributed by atoms with Gasteiger partial charge in [-0.1, -0.05) is 107 Å². The predicted octanol–water partition coefficient (Wildman–Crippen LogP) is 10.7. The topological polar surface area (TPSA) is 50.2 Å². The summed E-state index contributed by atoms with van der Waals surface area (Å²) in [4.78, 5) is 16.9. The fraction of sp³-hybridized carbons (Fsp3) is 0.316.